The topological polar surface area (TPSA) is 43.8 Å². The summed E-state index contributed by atoms with van der Waals surface area (Å²) in [7, 11) is 0. The molecule has 164 valence electrons. The van der Waals surface area contributed by atoms with Crippen LogP contribution in [0.4, 0.5) is 10.1 Å². The van der Waals surface area contributed by atoms with E-state index in [1.807, 2.05) is 26.0 Å². The van der Waals surface area contributed by atoms with E-state index in [2.05, 4.69) is 44.9 Å². The molecular formula is C26H38FN3. The van der Waals surface area contributed by atoms with Crippen molar-refractivity contribution in [2.24, 2.45) is 0 Å². The molecule has 2 N–H and O–H groups in total. The number of hydrogen-bond acceptors (Lipinski definition) is 2. The number of nitrogens with two attached hydrogens (primary N) is 1. The van der Waals surface area contributed by atoms with Gasteiger partial charge in [0.1, 0.15) is 11.6 Å². The van der Waals surface area contributed by atoms with Crippen LogP contribution in [0.25, 0.3) is 16.8 Å². The Kier molecular flexibility index (Phi) is 10.9. The van der Waals surface area contributed by atoms with Crippen LogP contribution >= 0.6 is 0 Å². The number of nitrogens with zero attached hydrogens (tertiary/aromatic N) is 2. The van der Waals surface area contributed by atoms with Crippen LogP contribution < -0.4 is 5.73 Å². The van der Waals surface area contributed by atoms with E-state index in [1.54, 1.807) is 12.1 Å². The van der Waals surface area contributed by atoms with Crippen molar-refractivity contribution in [2.45, 2.75) is 73.8 Å². The van der Waals surface area contributed by atoms with Gasteiger partial charge in [0.2, 0.25) is 0 Å². The molecule has 0 radical (unpaired) electrons. The summed E-state index contributed by atoms with van der Waals surface area (Å²) in [6, 6.07) is 4.91. The van der Waals surface area contributed by atoms with E-state index in [1.165, 1.54) is 12.5 Å². The molecule has 4 heteroatoms. The van der Waals surface area contributed by atoms with Crippen molar-refractivity contribution in [2.75, 3.05) is 5.73 Å². The first-order valence-corrected chi connectivity index (χ1v) is 11.0. The van der Waals surface area contributed by atoms with Crippen LogP contribution in [0.3, 0.4) is 0 Å². The number of rotatable bonds is 8. The van der Waals surface area contributed by atoms with Gasteiger partial charge in [-0.15, -0.1) is 0 Å². The average Bonchev–Trinajstić information content (AvgIpc) is 3.02. The molecule has 0 aliphatic heterocycles. The largest absolute Gasteiger partial charge is 0.396 e. The van der Waals surface area contributed by atoms with Crippen LogP contribution in [0.5, 0.6) is 0 Å². The van der Waals surface area contributed by atoms with E-state index in [9.17, 15) is 4.39 Å². The molecule has 0 amide bonds. The lowest BCUT2D eigenvalue weighted by atomic mass is 10.0. The standard InChI is InChI=1S/C23H30FN3.C3H8/c1-6-8-14-27-17(5)26-22(18(7-2)11-9-10-16(3)4)23(27)19-12-13-20(24)21(25)15-19;1-3-2/h9-13,15H,3,6-8,14,25H2,1-2,4-5H3;3H2,1-2H3/b10-9-,18-11+;. The number of unbranched alkanes of at least 4 members (excludes halogenated alkanes) is 1. The number of aryl methyl sites for hydroxylation is 1. The summed E-state index contributed by atoms with van der Waals surface area (Å²) < 4.78 is 15.9. The van der Waals surface area contributed by atoms with Gasteiger partial charge < -0.3 is 10.3 Å². The second-order valence-electron chi connectivity index (χ2n) is 7.56. The predicted molar refractivity (Wildman–Crippen MR) is 130 cm³/mol. The number of anilines is 1. The Morgan fingerprint density at radius 2 is 1.90 bits per heavy atom. The van der Waals surface area contributed by atoms with E-state index in [0.717, 1.165) is 59.7 Å². The van der Waals surface area contributed by atoms with Gasteiger partial charge in [0, 0.05) is 12.1 Å². The Balaban J connectivity index is 0.00000141. The fraction of sp³-hybridized carbons (Fsp3) is 0.423. The Bertz CT molecular complexity index is 888. The first-order valence-electron chi connectivity index (χ1n) is 11.0. The molecule has 0 fully saturated rings. The quantitative estimate of drug-likeness (QED) is 0.357. The molecule has 1 aromatic carbocycles. The van der Waals surface area contributed by atoms with Crippen LogP contribution in [0.1, 0.15) is 71.8 Å². The van der Waals surface area contributed by atoms with Crippen molar-refractivity contribution in [1.82, 2.24) is 9.55 Å². The van der Waals surface area contributed by atoms with Gasteiger partial charge in [-0.2, -0.15) is 0 Å². The van der Waals surface area contributed by atoms with Crippen molar-refractivity contribution in [1.29, 1.82) is 0 Å². The van der Waals surface area contributed by atoms with Crippen molar-refractivity contribution in [3.05, 3.63) is 65.9 Å². The van der Waals surface area contributed by atoms with E-state index in [4.69, 9.17) is 10.7 Å². The number of imidazole rings is 1. The normalized spacial score (nSPS) is 11.5. The summed E-state index contributed by atoms with van der Waals surface area (Å²) >= 11 is 0. The Morgan fingerprint density at radius 3 is 2.43 bits per heavy atom. The molecule has 0 spiro atoms. The fourth-order valence-electron chi connectivity index (χ4n) is 3.05. The first kappa shape index (κ1) is 25.4. The highest BCUT2D eigenvalue weighted by molar-refractivity contribution is 5.79. The van der Waals surface area contributed by atoms with Crippen LogP contribution in [0, 0.1) is 12.7 Å². The van der Waals surface area contributed by atoms with Crippen LogP contribution in [0.2, 0.25) is 0 Å². The van der Waals surface area contributed by atoms with Crippen molar-refractivity contribution in [3.63, 3.8) is 0 Å². The molecule has 0 saturated carbocycles. The van der Waals surface area contributed by atoms with Crippen LogP contribution in [-0.2, 0) is 6.54 Å². The highest BCUT2D eigenvalue weighted by Crippen LogP contribution is 2.33. The van der Waals surface area contributed by atoms with Crippen LogP contribution in [-0.4, -0.2) is 9.55 Å². The molecule has 1 aromatic heterocycles. The van der Waals surface area contributed by atoms with E-state index < -0.39 is 5.82 Å². The summed E-state index contributed by atoms with van der Waals surface area (Å²) in [5.74, 6) is 0.562. The molecule has 0 saturated heterocycles. The van der Waals surface area contributed by atoms with Gasteiger partial charge in [-0.05, 0) is 50.5 Å². The molecule has 2 rings (SSSR count). The van der Waals surface area contributed by atoms with E-state index >= 15 is 0 Å². The Morgan fingerprint density at radius 1 is 1.23 bits per heavy atom. The molecule has 3 nitrogen and oxygen atoms in total. The van der Waals surface area contributed by atoms with Crippen molar-refractivity contribution >= 4 is 11.3 Å². The highest BCUT2D eigenvalue weighted by atomic mass is 19.1. The second-order valence-corrected chi connectivity index (χ2v) is 7.56. The molecule has 0 aliphatic rings. The lowest BCUT2D eigenvalue weighted by Gasteiger charge is -2.13. The SMILES string of the molecule is C=C(C)/C=C\C=C(/CC)c1nc(C)n(CCCC)c1-c1ccc(F)c(N)c1.CCC. The zero-order valence-corrected chi connectivity index (χ0v) is 19.6. The van der Waals surface area contributed by atoms with Gasteiger partial charge in [0.05, 0.1) is 17.1 Å². The lowest BCUT2D eigenvalue weighted by Crippen LogP contribution is -2.04. The molecule has 2 aromatic rings. The number of aromatic nitrogens is 2. The number of nitrogen functional groups attached to an aromatic ring is 1. The zero-order chi connectivity index (χ0) is 22.7. The summed E-state index contributed by atoms with van der Waals surface area (Å²) in [6.45, 7) is 17.3. The molecule has 0 atom stereocenters. The number of halogens is 1. The maximum atomic E-state index is 13.7. The smallest absolute Gasteiger partial charge is 0.146 e. The van der Waals surface area contributed by atoms with Gasteiger partial charge in [0.25, 0.3) is 0 Å². The fourth-order valence-corrected chi connectivity index (χ4v) is 3.05. The van der Waals surface area contributed by atoms with Gasteiger partial charge >= 0.3 is 0 Å². The van der Waals surface area contributed by atoms with Crippen molar-refractivity contribution < 1.29 is 4.39 Å². The lowest BCUT2D eigenvalue weighted by molar-refractivity contribution is 0.620. The van der Waals surface area contributed by atoms with Gasteiger partial charge in [0.15, 0.2) is 0 Å². The first-order chi connectivity index (χ1) is 14.3. The average molecular weight is 412 g/mol. The third-order valence-electron chi connectivity index (χ3n) is 4.53. The third-order valence-corrected chi connectivity index (χ3v) is 4.53. The van der Waals surface area contributed by atoms with Crippen molar-refractivity contribution in [3.8, 4) is 11.3 Å². The molecule has 0 unspecified atom stereocenters. The summed E-state index contributed by atoms with van der Waals surface area (Å²) in [5.41, 5.74) is 11.0. The number of hydrogen-bond donors (Lipinski definition) is 1. The van der Waals surface area contributed by atoms with Crippen LogP contribution in [0.15, 0.2) is 48.6 Å². The Hall–Kier alpha value is -2.62. The van der Waals surface area contributed by atoms with Gasteiger partial charge in [-0.25, -0.2) is 9.37 Å². The minimum Gasteiger partial charge on any atom is -0.396 e. The predicted octanol–water partition coefficient (Wildman–Crippen LogP) is 7.72. The summed E-state index contributed by atoms with van der Waals surface area (Å²) in [5, 5.41) is 0. The van der Waals surface area contributed by atoms with E-state index in [-0.39, 0.29) is 5.69 Å². The molecular weight excluding hydrogens is 373 g/mol. The van der Waals surface area contributed by atoms with Gasteiger partial charge in [-0.1, -0.05) is 70.9 Å². The molecule has 30 heavy (non-hydrogen) atoms. The Labute approximate surface area is 182 Å². The number of allylic oxidation sites excluding steroid dienone is 5. The van der Waals surface area contributed by atoms with Gasteiger partial charge in [-0.3, -0.25) is 0 Å². The third kappa shape index (κ3) is 7.01. The molecule has 0 aliphatic carbocycles. The number of benzene rings is 1. The summed E-state index contributed by atoms with van der Waals surface area (Å²) in [4.78, 5) is 4.86. The molecule has 0 bridgehead atoms. The minimum absolute atomic E-state index is 0.156. The summed E-state index contributed by atoms with van der Waals surface area (Å²) in [6.07, 6.45) is 10.3. The maximum Gasteiger partial charge on any atom is 0.146 e. The molecule has 1 heterocycles. The monoisotopic (exact) mass is 411 g/mol. The zero-order valence-electron chi connectivity index (χ0n) is 19.6. The van der Waals surface area contributed by atoms with E-state index in [0.29, 0.717) is 0 Å². The maximum absolute atomic E-state index is 13.7. The minimum atomic E-state index is -0.396. The second kappa shape index (κ2) is 12.8. The highest BCUT2D eigenvalue weighted by Gasteiger charge is 2.19.